The van der Waals surface area contributed by atoms with Gasteiger partial charge in [0.2, 0.25) is 0 Å². The highest BCUT2D eigenvalue weighted by molar-refractivity contribution is 6.35. The standard InChI is InChI=1S/C17H17Cl2N/c1-11-17(12-6-4-3-5-7-12)14-8-13(18)9-16(19)15(14)10-20(11)2/h3-9,11,17H,10H2,1-2H3/t11-,17?/m1/s1. The Balaban J connectivity index is 2.20. The molecule has 1 unspecified atom stereocenters. The maximum absolute atomic E-state index is 6.40. The van der Waals surface area contributed by atoms with E-state index in [0.29, 0.717) is 17.0 Å². The largest absolute Gasteiger partial charge is 0.298 e. The van der Waals surface area contributed by atoms with Crippen LogP contribution in [0.15, 0.2) is 42.5 Å². The molecule has 20 heavy (non-hydrogen) atoms. The van der Waals surface area contributed by atoms with E-state index in [1.807, 2.05) is 12.1 Å². The molecule has 0 spiro atoms. The molecule has 0 N–H and O–H groups in total. The first kappa shape index (κ1) is 13.9. The van der Waals surface area contributed by atoms with Gasteiger partial charge in [-0.25, -0.2) is 0 Å². The van der Waals surface area contributed by atoms with Crippen LogP contribution in [0.1, 0.15) is 29.5 Å². The van der Waals surface area contributed by atoms with Crippen LogP contribution in [0, 0.1) is 0 Å². The van der Waals surface area contributed by atoms with Crippen molar-refractivity contribution in [3.63, 3.8) is 0 Å². The van der Waals surface area contributed by atoms with Crippen molar-refractivity contribution < 1.29 is 0 Å². The van der Waals surface area contributed by atoms with Crippen LogP contribution in [0.4, 0.5) is 0 Å². The lowest BCUT2D eigenvalue weighted by Gasteiger charge is -2.39. The number of nitrogens with zero attached hydrogens (tertiary/aromatic N) is 1. The highest BCUT2D eigenvalue weighted by atomic mass is 35.5. The van der Waals surface area contributed by atoms with Crippen molar-refractivity contribution in [2.75, 3.05) is 7.05 Å². The van der Waals surface area contributed by atoms with Crippen LogP contribution in [0.3, 0.4) is 0 Å². The predicted octanol–water partition coefficient (Wildman–Crippen LogP) is 4.96. The topological polar surface area (TPSA) is 3.24 Å². The summed E-state index contributed by atoms with van der Waals surface area (Å²) in [6, 6.07) is 14.9. The zero-order chi connectivity index (χ0) is 14.3. The van der Waals surface area contributed by atoms with E-state index in [9.17, 15) is 0 Å². The van der Waals surface area contributed by atoms with Crippen LogP contribution in [-0.2, 0) is 6.54 Å². The van der Waals surface area contributed by atoms with Gasteiger partial charge in [0.25, 0.3) is 0 Å². The van der Waals surface area contributed by atoms with Crippen LogP contribution < -0.4 is 0 Å². The lowest BCUT2D eigenvalue weighted by atomic mass is 9.80. The summed E-state index contributed by atoms with van der Waals surface area (Å²) >= 11 is 12.6. The number of likely N-dealkylation sites (N-methyl/N-ethyl adjacent to an activating group) is 1. The summed E-state index contributed by atoms with van der Waals surface area (Å²) in [4.78, 5) is 2.35. The van der Waals surface area contributed by atoms with E-state index < -0.39 is 0 Å². The molecule has 1 heterocycles. The monoisotopic (exact) mass is 305 g/mol. The van der Waals surface area contributed by atoms with E-state index >= 15 is 0 Å². The summed E-state index contributed by atoms with van der Waals surface area (Å²) < 4.78 is 0. The van der Waals surface area contributed by atoms with E-state index in [1.54, 1.807) is 0 Å². The lowest BCUT2D eigenvalue weighted by Crippen LogP contribution is -2.39. The minimum Gasteiger partial charge on any atom is -0.298 e. The summed E-state index contributed by atoms with van der Waals surface area (Å²) in [6.45, 7) is 3.13. The molecular weight excluding hydrogens is 289 g/mol. The zero-order valence-corrected chi connectivity index (χ0v) is 13.1. The van der Waals surface area contributed by atoms with Crippen molar-refractivity contribution in [1.29, 1.82) is 0 Å². The fourth-order valence-electron chi connectivity index (χ4n) is 3.09. The molecule has 0 fully saturated rings. The van der Waals surface area contributed by atoms with Gasteiger partial charge >= 0.3 is 0 Å². The van der Waals surface area contributed by atoms with Gasteiger partial charge < -0.3 is 0 Å². The van der Waals surface area contributed by atoms with Crippen molar-refractivity contribution in [2.24, 2.45) is 0 Å². The van der Waals surface area contributed by atoms with Crippen LogP contribution >= 0.6 is 23.2 Å². The second kappa shape index (κ2) is 5.40. The third-order valence-corrected chi connectivity index (χ3v) is 4.83. The van der Waals surface area contributed by atoms with Crippen molar-refractivity contribution in [3.8, 4) is 0 Å². The summed E-state index contributed by atoms with van der Waals surface area (Å²) in [5.74, 6) is 0.307. The molecule has 0 amide bonds. The predicted molar refractivity (Wildman–Crippen MR) is 85.7 cm³/mol. The Labute approximate surface area is 130 Å². The summed E-state index contributed by atoms with van der Waals surface area (Å²) in [5.41, 5.74) is 3.77. The third-order valence-electron chi connectivity index (χ3n) is 4.27. The molecule has 1 nitrogen and oxygen atoms in total. The first-order valence-corrected chi connectivity index (χ1v) is 7.56. The van der Waals surface area contributed by atoms with Gasteiger partial charge in [-0.3, -0.25) is 4.90 Å². The molecule has 0 bridgehead atoms. The Bertz CT molecular complexity index is 624. The molecule has 0 saturated heterocycles. The maximum atomic E-state index is 6.40. The van der Waals surface area contributed by atoms with Gasteiger partial charge in [-0.05, 0) is 42.8 Å². The molecule has 3 rings (SSSR count). The molecule has 104 valence electrons. The molecule has 1 aliphatic heterocycles. The third kappa shape index (κ3) is 2.35. The van der Waals surface area contributed by atoms with E-state index in [1.165, 1.54) is 16.7 Å². The van der Waals surface area contributed by atoms with Gasteiger partial charge in [0, 0.05) is 28.5 Å². The van der Waals surface area contributed by atoms with Crippen LogP contribution in [0.5, 0.6) is 0 Å². The minimum absolute atomic E-state index is 0.307. The number of hydrogen-bond acceptors (Lipinski definition) is 1. The summed E-state index contributed by atoms with van der Waals surface area (Å²) in [5, 5.41) is 1.48. The van der Waals surface area contributed by atoms with E-state index in [2.05, 4.69) is 49.2 Å². The van der Waals surface area contributed by atoms with Crippen molar-refractivity contribution in [1.82, 2.24) is 4.90 Å². The van der Waals surface area contributed by atoms with Gasteiger partial charge in [0.15, 0.2) is 0 Å². The second-order valence-corrected chi connectivity index (χ2v) is 6.34. The van der Waals surface area contributed by atoms with Crippen molar-refractivity contribution in [3.05, 3.63) is 69.2 Å². The fraction of sp³-hybridized carbons (Fsp3) is 0.294. The van der Waals surface area contributed by atoms with Crippen LogP contribution in [0.25, 0.3) is 0 Å². The average molecular weight is 306 g/mol. The highest BCUT2D eigenvalue weighted by Gasteiger charge is 2.32. The smallest absolute Gasteiger partial charge is 0.0468 e. The van der Waals surface area contributed by atoms with Crippen LogP contribution in [0.2, 0.25) is 10.0 Å². The number of benzene rings is 2. The molecule has 0 radical (unpaired) electrons. The molecule has 3 heteroatoms. The normalized spacial score (nSPS) is 22.6. The Kier molecular flexibility index (Phi) is 3.76. The first-order valence-electron chi connectivity index (χ1n) is 6.81. The van der Waals surface area contributed by atoms with E-state index in [0.717, 1.165) is 11.6 Å². The van der Waals surface area contributed by atoms with Gasteiger partial charge in [-0.1, -0.05) is 53.5 Å². The Morgan fingerprint density at radius 3 is 2.50 bits per heavy atom. The summed E-state index contributed by atoms with van der Waals surface area (Å²) in [7, 11) is 2.15. The van der Waals surface area contributed by atoms with Crippen molar-refractivity contribution in [2.45, 2.75) is 25.4 Å². The number of hydrogen-bond donors (Lipinski definition) is 0. The Hall–Kier alpha value is -1.02. The number of halogens is 2. The zero-order valence-electron chi connectivity index (χ0n) is 11.6. The molecule has 1 aliphatic rings. The molecular formula is C17H17Cl2N. The molecule has 0 aromatic heterocycles. The van der Waals surface area contributed by atoms with E-state index in [-0.39, 0.29) is 0 Å². The van der Waals surface area contributed by atoms with Crippen molar-refractivity contribution >= 4 is 23.2 Å². The highest BCUT2D eigenvalue weighted by Crippen LogP contribution is 2.41. The first-order chi connectivity index (χ1) is 9.58. The average Bonchev–Trinajstić information content (AvgIpc) is 2.42. The van der Waals surface area contributed by atoms with Gasteiger partial charge in [-0.15, -0.1) is 0 Å². The summed E-state index contributed by atoms with van der Waals surface area (Å²) in [6.07, 6.45) is 0. The number of fused-ring (bicyclic) bond motifs is 1. The van der Waals surface area contributed by atoms with Gasteiger partial charge in [0.05, 0.1) is 0 Å². The molecule has 2 aromatic carbocycles. The van der Waals surface area contributed by atoms with Gasteiger partial charge in [-0.2, -0.15) is 0 Å². The molecule has 2 atom stereocenters. The lowest BCUT2D eigenvalue weighted by molar-refractivity contribution is 0.212. The Morgan fingerprint density at radius 2 is 1.80 bits per heavy atom. The fourth-order valence-corrected chi connectivity index (χ4v) is 3.66. The van der Waals surface area contributed by atoms with E-state index in [4.69, 9.17) is 23.2 Å². The number of rotatable bonds is 1. The quantitative estimate of drug-likeness (QED) is 0.720. The maximum Gasteiger partial charge on any atom is 0.0468 e. The van der Waals surface area contributed by atoms with Gasteiger partial charge in [0.1, 0.15) is 0 Å². The van der Waals surface area contributed by atoms with Crippen LogP contribution in [-0.4, -0.2) is 18.0 Å². The molecule has 0 saturated carbocycles. The molecule has 2 aromatic rings. The molecule has 0 aliphatic carbocycles. The Morgan fingerprint density at radius 1 is 1.10 bits per heavy atom. The SMILES string of the molecule is C[C@@H]1C(c2ccccc2)c2cc(Cl)cc(Cl)c2CN1C. The second-order valence-electron chi connectivity index (χ2n) is 5.50. The minimum atomic E-state index is 0.307.